The fourth-order valence-corrected chi connectivity index (χ4v) is 1.10. The van der Waals surface area contributed by atoms with Crippen LogP contribution in [0.15, 0.2) is 24.3 Å². The third kappa shape index (κ3) is 4.00. The van der Waals surface area contributed by atoms with Gasteiger partial charge in [-0.15, -0.1) is 0 Å². The summed E-state index contributed by atoms with van der Waals surface area (Å²) in [5.74, 6) is -0.603. The maximum atomic E-state index is 11.3. The Balaban J connectivity index is 2.40. The largest absolute Gasteiger partial charge is 0.508 e. The smallest absolute Gasteiger partial charge is 0.325 e. The summed E-state index contributed by atoms with van der Waals surface area (Å²) in [6.07, 6.45) is 0.164. The summed E-state index contributed by atoms with van der Waals surface area (Å²) in [5, 5.41) is 11.5. The van der Waals surface area contributed by atoms with Crippen molar-refractivity contribution in [2.24, 2.45) is 0 Å². The van der Waals surface area contributed by atoms with Gasteiger partial charge in [0.05, 0.1) is 13.5 Å². The highest BCUT2D eigenvalue weighted by Crippen LogP contribution is 2.09. The molecule has 1 aromatic rings. The second kappa shape index (κ2) is 5.75. The Kier molecular flexibility index (Phi) is 4.32. The van der Waals surface area contributed by atoms with E-state index in [4.69, 9.17) is 5.11 Å². The molecular weight excluding hydrogens is 210 g/mol. The second-order valence-corrected chi connectivity index (χ2v) is 3.20. The molecule has 0 radical (unpaired) electrons. The van der Waals surface area contributed by atoms with Gasteiger partial charge in [0.1, 0.15) is 12.3 Å². The molecular formula is C11H13NO4. The van der Waals surface area contributed by atoms with Crippen LogP contribution in [0.1, 0.15) is 5.56 Å². The third-order valence-electron chi connectivity index (χ3n) is 1.96. The molecule has 0 atom stereocenters. The SMILES string of the molecule is COC(=O)CNC(=O)Cc1ccc(O)cc1. The van der Waals surface area contributed by atoms with Crippen LogP contribution in [0, 0.1) is 0 Å². The number of amides is 1. The molecule has 0 unspecified atom stereocenters. The number of carbonyl (C=O) groups is 2. The van der Waals surface area contributed by atoms with Crippen molar-refractivity contribution in [1.82, 2.24) is 5.32 Å². The standard InChI is InChI=1S/C11H13NO4/c1-16-11(15)7-12-10(14)6-8-2-4-9(13)5-3-8/h2-5,13H,6-7H2,1H3,(H,12,14). The van der Waals surface area contributed by atoms with Crippen LogP contribution >= 0.6 is 0 Å². The van der Waals surface area contributed by atoms with E-state index in [9.17, 15) is 9.59 Å². The maximum absolute atomic E-state index is 11.3. The number of hydrogen-bond acceptors (Lipinski definition) is 4. The Bertz CT molecular complexity index is 372. The van der Waals surface area contributed by atoms with Gasteiger partial charge in [-0.3, -0.25) is 9.59 Å². The van der Waals surface area contributed by atoms with Crippen molar-refractivity contribution in [1.29, 1.82) is 0 Å². The zero-order valence-corrected chi connectivity index (χ0v) is 8.90. The molecule has 1 amide bonds. The number of methoxy groups -OCH3 is 1. The van der Waals surface area contributed by atoms with Crippen LogP contribution in [0.3, 0.4) is 0 Å². The minimum absolute atomic E-state index is 0.132. The zero-order valence-electron chi connectivity index (χ0n) is 8.90. The predicted octanol–water partition coefficient (Wildman–Crippen LogP) is 0.224. The highest BCUT2D eigenvalue weighted by atomic mass is 16.5. The first-order chi connectivity index (χ1) is 7.61. The van der Waals surface area contributed by atoms with E-state index in [1.807, 2.05) is 0 Å². The van der Waals surface area contributed by atoms with Gasteiger partial charge in [0, 0.05) is 0 Å². The van der Waals surface area contributed by atoms with Gasteiger partial charge in [0.15, 0.2) is 0 Å². The fraction of sp³-hybridized carbons (Fsp3) is 0.273. The summed E-state index contributed by atoms with van der Waals surface area (Å²) in [6, 6.07) is 6.30. The molecule has 5 heteroatoms. The van der Waals surface area contributed by atoms with E-state index in [1.54, 1.807) is 12.1 Å². The molecule has 86 valence electrons. The molecule has 2 N–H and O–H groups in total. The molecule has 0 aromatic heterocycles. The summed E-state index contributed by atoms with van der Waals surface area (Å²) >= 11 is 0. The number of benzene rings is 1. The Labute approximate surface area is 93.0 Å². The lowest BCUT2D eigenvalue weighted by Gasteiger charge is -2.04. The molecule has 1 aromatic carbocycles. The van der Waals surface area contributed by atoms with Gasteiger partial charge in [0.25, 0.3) is 0 Å². The summed E-state index contributed by atoms with van der Waals surface area (Å²) in [6.45, 7) is -0.132. The predicted molar refractivity (Wildman–Crippen MR) is 56.8 cm³/mol. The van der Waals surface area contributed by atoms with Crippen LogP contribution in [0.4, 0.5) is 0 Å². The van der Waals surface area contributed by atoms with E-state index in [0.717, 1.165) is 5.56 Å². The number of rotatable bonds is 4. The molecule has 0 aliphatic heterocycles. The normalized spacial score (nSPS) is 9.56. The maximum Gasteiger partial charge on any atom is 0.325 e. The summed E-state index contributed by atoms with van der Waals surface area (Å²) in [4.78, 5) is 22.1. The quantitative estimate of drug-likeness (QED) is 0.716. The topological polar surface area (TPSA) is 75.6 Å². The van der Waals surface area contributed by atoms with E-state index in [2.05, 4.69) is 10.1 Å². The first-order valence-corrected chi connectivity index (χ1v) is 4.73. The number of nitrogens with one attached hydrogen (secondary N) is 1. The minimum atomic E-state index is -0.487. The molecule has 0 heterocycles. The van der Waals surface area contributed by atoms with Crippen molar-refractivity contribution < 1.29 is 19.4 Å². The van der Waals surface area contributed by atoms with E-state index in [0.29, 0.717) is 0 Å². The summed E-state index contributed by atoms with van der Waals surface area (Å²) in [5.41, 5.74) is 0.764. The first-order valence-electron chi connectivity index (χ1n) is 4.73. The molecule has 16 heavy (non-hydrogen) atoms. The molecule has 0 spiro atoms. The Morgan fingerprint density at radius 2 is 1.94 bits per heavy atom. The lowest BCUT2D eigenvalue weighted by Crippen LogP contribution is -2.31. The van der Waals surface area contributed by atoms with Crippen LogP contribution in [0.2, 0.25) is 0 Å². The lowest BCUT2D eigenvalue weighted by atomic mass is 10.1. The van der Waals surface area contributed by atoms with Gasteiger partial charge < -0.3 is 15.2 Å². The number of phenolic OH excluding ortho intramolecular Hbond substituents is 1. The monoisotopic (exact) mass is 223 g/mol. The minimum Gasteiger partial charge on any atom is -0.508 e. The van der Waals surface area contributed by atoms with Gasteiger partial charge in [-0.25, -0.2) is 0 Å². The van der Waals surface area contributed by atoms with E-state index in [1.165, 1.54) is 19.2 Å². The number of ether oxygens (including phenoxy) is 1. The third-order valence-corrected chi connectivity index (χ3v) is 1.96. The van der Waals surface area contributed by atoms with Crippen molar-refractivity contribution in [2.45, 2.75) is 6.42 Å². The molecule has 0 saturated heterocycles. The molecule has 0 aliphatic carbocycles. The van der Waals surface area contributed by atoms with Crippen LogP contribution in [0.25, 0.3) is 0 Å². The van der Waals surface area contributed by atoms with Gasteiger partial charge >= 0.3 is 5.97 Å². The zero-order chi connectivity index (χ0) is 12.0. The fourth-order valence-electron chi connectivity index (χ4n) is 1.10. The number of carbonyl (C=O) groups excluding carboxylic acids is 2. The van der Waals surface area contributed by atoms with Crippen molar-refractivity contribution in [3.8, 4) is 5.75 Å². The number of phenols is 1. The van der Waals surface area contributed by atoms with E-state index >= 15 is 0 Å². The first kappa shape index (κ1) is 12.0. The average molecular weight is 223 g/mol. The van der Waals surface area contributed by atoms with Crippen molar-refractivity contribution >= 4 is 11.9 Å². The lowest BCUT2D eigenvalue weighted by molar-refractivity contribution is -0.141. The van der Waals surface area contributed by atoms with E-state index < -0.39 is 5.97 Å². The average Bonchev–Trinajstić information content (AvgIpc) is 2.29. The van der Waals surface area contributed by atoms with E-state index in [-0.39, 0.29) is 24.6 Å². The molecule has 5 nitrogen and oxygen atoms in total. The molecule has 0 fully saturated rings. The van der Waals surface area contributed by atoms with Crippen molar-refractivity contribution in [2.75, 3.05) is 13.7 Å². The van der Waals surface area contributed by atoms with Gasteiger partial charge in [0.2, 0.25) is 5.91 Å². The van der Waals surface area contributed by atoms with Crippen molar-refractivity contribution in [3.05, 3.63) is 29.8 Å². The number of hydrogen-bond donors (Lipinski definition) is 2. The number of esters is 1. The number of aromatic hydroxyl groups is 1. The molecule has 0 saturated carbocycles. The van der Waals surface area contributed by atoms with Gasteiger partial charge in [-0.05, 0) is 17.7 Å². The van der Waals surface area contributed by atoms with Crippen LogP contribution in [-0.4, -0.2) is 30.6 Å². The highest BCUT2D eigenvalue weighted by Gasteiger charge is 2.06. The Morgan fingerprint density at radius 3 is 2.50 bits per heavy atom. The molecule has 1 rings (SSSR count). The van der Waals surface area contributed by atoms with Crippen LogP contribution < -0.4 is 5.32 Å². The Hall–Kier alpha value is -2.04. The van der Waals surface area contributed by atoms with Crippen LogP contribution in [-0.2, 0) is 20.7 Å². The Morgan fingerprint density at radius 1 is 1.31 bits per heavy atom. The van der Waals surface area contributed by atoms with Crippen molar-refractivity contribution in [3.63, 3.8) is 0 Å². The second-order valence-electron chi connectivity index (χ2n) is 3.20. The summed E-state index contributed by atoms with van der Waals surface area (Å²) < 4.78 is 4.38. The molecule has 0 bridgehead atoms. The van der Waals surface area contributed by atoms with Crippen LogP contribution in [0.5, 0.6) is 5.75 Å². The summed E-state index contributed by atoms with van der Waals surface area (Å²) in [7, 11) is 1.26. The molecule has 0 aliphatic rings. The van der Waals surface area contributed by atoms with Gasteiger partial charge in [-0.1, -0.05) is 12.1 Å². The van der Waals surface area contributed by atoms with Gasteiger partial charge in [-0.2, -0.15) is 0 Å². The highest BCUT2D eigenvalue weighted by molar-refractivity contribution is 5.83.